The molecule has 7 heteroatoms. The summed E-state index contributed by atoms with van der Waals surface area (Å²) >= 11 is 1.44. The van der Waals surface area contributed by atoms with Crippen molar-refractivity contribution in [2.24, 2.45) is 34.5 Å². The minimum atomic E-state index is 0.0372. The number of aromatic nitrogens is 2. The summed E-state index contributed by atoms with van der Waals surface area (Å²) in [5.74, 6) is 2.20. The lowest BCUT2D eigenvalue weighted by atomic mass is 9.48. The van der Waals surface area contributed by atoms with Gasteiger partial charge in [0.25, 0.3) is 0 Å². The van der Waals surface area contributed by atoms with Gasteiger partial charge in [-0.25, -0.2) is 0 Å². The Labute approximate surface area is 188 Å². The van der Waals surface area contributed by atoms with E-state index >= 15 is 0 Å². The van der Waals surface area contributed by atoms with Crippen LogP contribution in [0.1, 0.15) is 70.7 Å². The Bertz CT molecular complexity index is 971. The molecule has 2 amide bonds. The van der Waals surface area contributed by atoms with E-state index in [0.29, 0.717) is 29.3 Å². The first kappa shape index (κ1) is 21.1. The SMILES string of the molecule is CC1=C2N(C)C(=O)CC[C@]2(C)[C@@H]2CC[C@]3(C)C(C(=O)Nc4nnc(C)s4)CC[C@H]3[C@@H]2C1. The zero-order valence-corrected chi connectivity index (χ0v) is 20.1. The predicted molar refractivity (Wildman–Crippen MR) is 121 cm³/mol. The lowest BCUT2D eigenvalue weighted by molar-refractivity contribution is -0.137. The molecule has 4 aliphatic rings. The van der Waals surface area contributed by atoms with Gasteiger partial charge in [0.15, 0.2) is 0 Å². The Morgan fingerprint density at radius 1 is 1.13 bits per heavy atom. The van der Waals surface area contributed by atoms with Gasteiger partial charge in [-0.1, -0.05) is 30.8 Å². The first-order valence-corrected chi connectivity index (χ1v) is 12.5. The molecule has 6 nitrogen and oxygen atoms in total. The largest absolute Gasteiger partial charge is 0.319 e. The fourth-order valence-corrected chi connectivity index (χ4v) is 8.67. The summed E-state index contributed by atoms with van der Waals surface area (Å²) in [5, 5.41) is 12.7. The molecule has 3 aliphatic carbocycles. The lowest BCUT2D eigenvalue weighted by Gasteiger charge is -2.59. The molecule has 1 unspecified atom stereocenters. The Kier molecular flexibility index (Phi) is 4.85. The number of hydrogen-bond donors (Lipinski definition) is 1. The van der Waals surface area contributed by atoms with Crippen molar-refractivity contribution in [2.75, 3.05) is 12.4 Å². The van der Waals surface area contributed by atoms with E-state index in [9.17, 15) is 9.59 Å². The van der Waals surface area contributed by atoms with Gasteiger partial charge in [-0.3, -0.25) is 9.59 Å². The molecule has 2 saturated carbocycles. The van der Waals surface area contributed by atoms with Crippen molar-refractivity contribution in [1.29, 1.82) is 0 Å². The maximum Gasteiger partial charge on any atom is 0.229 e. The van der Waals surface area contributed by atoms with Crippen LogP contribution in [0.3, 0.4) is 0 Å². The van der Waals surface area contributed by atoms with Crippen LogP contribution in [0.25, 0.3) is 0 Å². The zero-order valence-electron chi connectivity index (χ0n) is 19.3. The Morgan fingerprint density at radius 2 is 1.90 bits per heavy atom. The number of carbonyl (C=O) groups is 2. The minimum Gasteiger partial charge on any atom is -0.319 e. The molecule has 0 spiro atoms. The molecule has 1 aliphatic heterocycles. The highest BCUT2D eigenvalue weighted by Gasteiger charge is 2.61. The number of aryl methyl sites for hydroxylation is 1. The second kappa shape index (κ2) is 7.12. The third-order valence-electron chi connectivity index (χ3n) is 9.38. The molecule has 1 aromatic heterocycles. The van der Waals surface area contributed by atoms with E-state index in [4.69, 9.17) is 0 Å². The van der Waals surface area contributed by atoms with Crippen LogP contribution in [-0.2, 0) is 9.59 Å². The molecular weight excluding hydrogens is 408 g/mol. The van der Waals surface area contributed by atoms with Gasteiger partial charge in [0.1, 0.15) is 5.01 Å². The van der Waals surface area contributed by atoms with Crippen molar-refractivity contribution in [3.63, 3.8) is 0 Å². The van der Waals surface area contributed by atoms with E-state index in [0.717, 1.165) is 43.5 Å². The molecule has 5 rings (SSSR count). The number of piperidine rings is 1. The molecule has 31 heavy (non-hydrogen) atoms. The van der Waals surface area contributed by atoms with Gasteiger partial charge >= 0.3 is 0 Å². The summed E-state index contributed by atoms with van der Waals surface area (Å²) in [4.78, 5) is 27.6. The van der Waals surface area contributed by atoms with Crippen LogP contribution >= 0.6 is 11.3 Å². The summed E-state index contributed by atoms with van der Waals surface area (Å²) in [5.41, 5.74) is 2.81. The highest BCUT2D eigenvalue weighted by molar-refractivity contribution is 7.15. The summed E-state index contributed by atoms with van der Waals surface area (Å²) in [6.07, 6.45) is 7.00. The summed E-state index contributed by atoms with van der Waals surface area (Å²) in [6, 6.07) is 0. The first-order valence-electron chi connectivity index (χ1n) is 11.7. The quantitative estimate of drug-likeness (QED) is 0.715. The molecule has 0 bridgehead atoms. The molecule has 6 atom stereocenters. The molecule has 168 valence electrons. The Morgan fingerprint density at radius 3 is 2.61 bits per heavy atom. The molecule has 1 N–H and O–H groups in total. The molecule has 0 aromatic carbocycles. The number of rotatable bonds is 2. The fraction of sp³-hybridized carbons (Fsp3) is 0.750. The fourth-order valence-electron chi connectivity index (χ4n) is 8.08. The maximum absolute atomic E-state index is 13.3. The number of amides is 2. The predicted octanol–water partition coefficient (Wildman–Crippen LogP) is 4.78. The van der Waals surface area contributed by atoms with Gasteiger partial charge in [-0.15, -0.1) is 10.2 Å². The van der Waals surface area contributed by atoms with E-state index < -0.39 is 0 Å². The zero-order chi connectivity index (χ0) is 22.1. The van der Waals surface area contributed by atoms with Gasteiger partial charge in [-0.2, -0.15) is 0 Å². The number of nitrogens with zero attached hydrogens (tertiary/aromatic N) is 3. The summed E-state index contributed by atoms with van der Waals surface area (Å²) in [7, 11) is 1.97. The van der Waals surface area contributed by atoms with Crippen molar-refractivity contribution in [3.05, 3.63) is 16.3 Å². The van der Waals surface area contributed by atoms with E-state index in [1.165, 1.54) is 22.6 Å². The van der Waals surface area contributed by atoms with E-state index in [-0.39, 0.29) is 28.6 Å². The molecule has 3 fully saturated rings. The van der Waals surface area contributed by atoms with Gasteiger partial charge in [0.2, 0.25) is 16.9 Å². The molecule has 1 saturated heterocycles. The van der Waals surface area contributed by atoms with Gasteiger partial charge in [0.05, 0.1) is 0 Å². The number of likely N-dealkylation sites (tertiary alicyclic amines) is 1. The summed E-state index contributed by atoms with van der Waals surface area (Å²) in [6.45, 7) is 8.92. The highest BCUT2D eigenvalue weighted by atomic mass is 32.1. The number of nitrogens with one attached hydrogen (secondary N) is 1. The van der Waals surface area contributed by atoms with E-state index in [1.807, 2.05) is 18.9 Å². The van der Waals surface area contributed by atoms with Crippen molar-refractivity contribution >= 4 is 28.3 Å². The topological polar surface area (TPSA) is 75.2 Å². The third-order valence-corrected chi connectivity index (χ3v) is 10.1. The normalized spacial score (nSPS) is 39.8. The van der Waals surface area contributed by atoms with Gasteiger partial charge < -0.3 is 10.2 Å². The van der Waals surface area contributed by atoms with Crippen molar-refractivity contribution < 1.29 is 9.59 Å². The number of fused-ring (bicyclic) bond motifs is 5. The smallest absolute Gasteiger partial charge is 0.229 e. The van der Waals surface area contributed by atoms with Crippen LogP contribution in [0.15, 0.2) is 11.3 Å². The van der Waals surface area contributed by atoms with Crippen LogP contribution in [-0.4, -0.2) is 34.0 Å². The Hall–Kier alpha value is -1.76. The van der Waals surface area contributed by atoms with Crippen LogP contribution in [0.4, 0.5) is 5.13 Å². The molecule has 2 heterocycles. The third kappa shape index (κ3) is 3.02. The standard InChI is InChI=1S/C24H34N4O2S/c1-13-12-15-16-6-7-18(21(30)25-22-27-26-14(2)31-22)23(16,3)10-8-17(15)24(4)11-9-19(29)28(5)20(13)24/h15-18H,6-12H2,1-5H3,(H,25,27,30)/t15-,16-,17+,18?,23-,24+/m0/s1. The number of carbonyl (C=O) groups excluding carboxylic acids is 2. The lowest BCUT2D eigenvalue weighted by Crippen LogP contribution is -2.54. The monoisotopic (exact) mass is 442 g/mol. The van der Waals surface area contributed by atoms with Gasteiger partial charge in [0, 0.05) is 30.5 Å². The second-order valence-electron chi connectivity index (χ2n) is 10.9. The van der Waals surface area contributed by atoms with Crippen molar-refractivity contribution in [3.8, 4) is 0 Å². The van der Waals surface area contributed by atoms with Crippen molar-refractivity contribution in [2.45, 2.75) is 72.6 Å². The number of anilines is 1. The van der Waals surface area contributed by atoms with Gasteiger partial charge in [-0.05, 0) is 75.5 Å². The molecule has 0 radical (unpaired) electrons. The van der Waals surface area contributed by atoms with Crippen LogP contribution < -0.4 is 5.32 Å². The average Bonchev–Trinajstić information content (AvgIpc) is 3.27. The number of hydrogen-bond acceptors (Lipinski definition) is 5. The van der Waals surface area contributed by atoms with Crippen molar-refractivity contribution in [1.82, 2.24) is 15.1 Å². The second-order valence-corrected chi connectivity index (χ2v) is 12.1. The van der Waals surface area contributed by atoms with Crippen LogP contribution in [0.2, 0.25) is 0 Å². The highest BCUT2D eigenvalue weighted by Crippen LogP contribution is 2.66. The van der Waals surface area contributed by atoms with E-state index in [1.54, 1.807) is 0 Å². The maximum atomic E-state index is 13.3. The molecular formula is C24H34N4O2S. The molecule has 1 aromatic rings. The Balaban J connectivity index is 1.42. The number of allylic oxidation sites excluding steroid dienone is 2. The summed E-state index contributed by atoms with van der Waals surface area (Å²) < 4.78 is 0. The van der Waals surface area contributed by atoms with E-state index in [2.05, 4.69) is 36.3 Å². The minimum absolute atomic E-state index is 0.0372. The average molecular weight is 443 g/mol. The van der Waals surface area contributed by atoms with Crippen LogP contribution in [0, 0.1) is 41.4 Å². The first-order chi connectivity index (χ1) is 14.6. The van der Waals surface area contributed by atoms with Crippen LogP contribution in [0.5, 0.6) is 0 Å².